The van der Waals surface area contributed by atoms with E-state index in [1.54, 1.807) is 11.9 Å². The van der Waals surface area contributed by atoms with Crippen LogP contribution in [0.4, 0.5) is 0 Å². The van der Waals surface area contributed by atoms with Crippen LogP contribution in [0.1, 0.15) is 13.8 Å². The Morgan fingerprint density at radius 1 is 1.44 bits per heavy atom. The molecule has 8 heteroatoms. The molecule has 0 saturated carbocycles. The number of hydrogen-bond acceptors (Lipinski definition) is 6. The summed E-state index contributed by atoms with van der Waals surface area (Å²) in [6.07, 6.45) is 0.966. The van der Waals surface area contributed by atoms with Crippen LogP contribution < -0.4 is 0 Å². The molecule has 0 aromatic heterocycles. The van der Waals surface area contributed by atoms with Gasteiger partial charge in [-0.15, -0.1) is 0 Å². The SMILES string of the molecule is CN(CCOS(C)(=O)=O)CC(C)(C)[N+](=O)[O-]. The fraction of sp³-hybridized carbons (Fsp3) is 1.00. The summed E-state index contributed by atoms with van der Waals surface area (Å²) in [7, 11) is -1.76. The van der Waals surface area contributed by atoms with Gasteiger partial charge in [0.1, 0.15) is 0 Å². The highest BCUT2D eigenvalue weighted by Crippen LogP contribution is 2.08. The lowest BCUT2D eigenvalue weighted by molar-refractivity contribution is -0.560. The Morgan fingerprint density at radius 2 is 1.94 bits per heavy atom. The Bertz CT molecular complexity index is 338. The third-order valence-electron chi connectivity index (χ3n) is 1.92. The van der Waals surface area contributed by atoms with Gasteiger partial charge in [0.2, 0.25) is 5.54 Å². The van der Waals surface area contributed by atoms with Crippen LogP contribution in [0.5, 0.6) is 0 Å². The molecule has 0 atom stereocenters. The molecule has 0 aromatic rings. The molecule has 0 aliphatic carbocycles. The summed E-state index contributed by atoms with van der Waals surface area (Å²) in [4.78, 5) is 11.9. The van der Waals surface area contributed by atoms with Gasteiger partial charge in [-0.25, -0.2) is 0 Å². The van der Waals surface area contributed by atoms with Gasteiger partial charge in [-0.2, -0.15) is 8.42 Å². The molecule has 0 rings (SSSR count). The van der Waals surface area contributed by atoms with Gasteiger partial charge in [0.25, 0.3) is 10.1 Å². The molecule has 0 N–H and O–H groups in total. The number of nitro groups is 1. The van der Waals surface area contributed by atoms with Crippen molar-refractivity contribution < 1.29 is 17.5 Å². The second kappa shape index (κ2) is 5.55. The molecule has 0 saturated heterocycles. The molecular weight excluding hydrogens is 236 g/mol. The minimum Gasteiger partial charge on any atom is -0.297 e. The summed E-state index contributed by atoms with van der Waals surface area (Å²) in [5.41, 5.74) is -1.06. The molecule has 0 bridgehead atoms. The molecule has 0 aliphatic rings. The Labute approximate surface area is 95.7 Å². The van der Waals surface area contributed by atoms with Gasteiger partial charge in [0.05, 0.1) is 19.4 Å². The van der Waals surface area contributed by atoms with Crippen LogP contribution in [0.3, 0.4) is 0 Å². The van der Waals surface area contributed by atoms with Crippen molar-refractivity contribution >= 4 is 10.1 Å². The molecule has 0 aliphatic heterocycles. The van der Waals surface area contributed by atoms with E-state index in [1.165, 1.54) is 13.8 Å². The first kappa shape index (κ1) is 15.3. The third-order valence-corrected chi connectivity index (χ3v) is 2.52. The zero-order valence-corrected chi connectivity index (χ0v) is 10.8. The highest BCUT2D eigenvalue weighted by atomic mass is 32.2. The van der Waals surface area contributed by atoms with E-state index in [9.17, 15) is 18.5 Å². The maximum Gasteiger partial charge on any atom is 0.264 e. The zero-order valence-electron chi connectivity index (χ0n) is 9.97. The van der Waals surface area contributed by atoms with Crippen LogP contribution in [0.25, 0.3) is 0 Å². The molecule has 0 unspecified atom stereocenters. The van der Waals surface area contributed by atoms with E-state index in [4.69, 9.17) is 0 Å². The Hall–Kier alpha value is -0.730. The lowest BCUT2D eigenvalue weighted by Gasteiger charge is -2.23. The van der Waals surface area contributed by atoms with Crippen molar-refractivity contribution in [3.63, 3.8) is 0 Å². The summed E-state index contributed by atoms with van der Waals surface area (Å²) in [6.45, 7) is 3.59. The summed E-state index contributed by atoms with van der Waals surface area (Å²) >= 11 is 0. The van der Waals surface area contributed by atoms with Crippen molar-refractivity contribution in [2.45, 2.75) is 19.4 Å². The minimum atomic E-state index is -3.44. The molecule has 0 amide bonds. The fourth-order valence-electron chi connectivity index (χ4n) is 1.14. The summed E-state index contributed by atoms with van der Waals surface area (Å²) in [5, 5.41) is 10.6. The van der Waals surface area contributed by atoms with E-state index in [0.717, 1.165) is 6.26 Å². The van der Waals surface area contributed by atoms with Crippen molar-refractivity contribution in [1.82, 2.24) is 4.90 Å². The number of rotatable bonds is 7. The molecule has 16 heavy (non-hydrogen) atoms. The maximum absolute atomic E-state index is 10.7. The standard InChI is InChI=1S/C8H18N2O5S/c1-8(2,10(11)12)7-9(3)5-6-15-16(4,13)14/h5-7H2,1-4H3. The van der Waals surface area contributed by atoms with Crippen molar-refractivity contribution in [3.05, 3.63) is 10.1 Å². The Balaban J connectivity index is 4.01. The Kier molecular flexibility index (Phi) is 5.30. The van der Waals surface area contributed by atoms with Gasteiger partial charge in [0, 0.05) is 25.3 Å². The number of hydrogen-bond donors (Lipinski definition) is 0. The summed E-state index contributed by atoms with van der Waals surface area (Å²) in [6, 6.07) is 0. The van der Waals surface area contributed by atoms with Gasteiger partial charge in [-0.3, -0.25) is 19.2 Å². The van der Waals surface area contributed by atoms with E-state index < -0.39 is 15.7 Å². The summed E-state index contributed by atoms with van der Waals surface area (Å²) in [5.74, 6) is 0. The van der Waals surface area contributed by atoms with Crippen LogP contribution in [0.2, 0.25) is 0 Å². The highest BCUT2D eigenvalue weighted by molar-refractivity contribution is 7.85. The topological polar surface area (TPSA) is 89.8 Å². The first-order chi connectivity index (χ1) is 7.04. The van der Waals surface area contributed by atoms with Gasteiger partial charge in [-0.05, 0) is 7.05 Å². The monoisotopic (exact) mass is 254 g/mol. The van der Waals surface area contributed by atoms with E-state index in [2.05, 4.69) is 4.18 Å². The van der Waals surface area contributed by atoms with E-state index in [0.29, 0.717) is 6.54 Å². The fourth-order valence-corrected chi connectivity index (χ4v) is 1.52. The van der Waals surface area contributed by atoms with E-state index in [-0.39, 0.29) is 18.1 Å². The van der Waals surface area contributed by atoms with Crippen molar-refractivity contribution in [2.24, 2.45) is 0 Å². The molecule has 0 heterocycles. The van der Waals surface area contributed by atoms with Crippen molar-refractivity contribution in [2.75, 3.05) is 33.0 Å². The number of likely N-dealkylation sites (N-methyl/N-ethyl adjacent to an activating group) is 1. The average molecular weight is 254 g/mol. The van der Waals surface area contributed by atoms with E-state index >= 15 is 0 Å². The quantitative estimate of drug-likeness (QED) is 0.359. The van der Waals surface area contributed by atoms with Crippen LogP contribution in [-0.2, 0) is 14.3 Å². The highest BCUT2D eigenvalue weighted by Gasteiger charge is 2.31. The second-order valence-electron chi connectivity index (χ2n) is 4.33. The van der Waals surface area contributed by atoms with Gasteiger partial charge >= 0.3 is 0 Å². The lowest BCUT2D eigenvalue weighted by atomic mass is 10.1. The first-order valence-electron chi connectivity index (χ1n) is 4.72. The van der Waals surface area contributed by atoms with Gasteiger partial charge < -0.3 is 0 Å². The van der Waals surface area contributed by atoms with Crippen molar-refractivity contribution in [1.29, 1.82) is 0 Å². The zero-order chi connectivity index (χ0) is 13.0. The lowest BCUT2D eigenvalue weighted by Crippen LogP contribution is -2.43. The number of nitrogens with zero attached hydrogens (tertiary/aromatic N) is 2. The smallest absolute Gasteiger partial charge is 0.264 e. The molecule has 0 aromatic carbocycles. The molecular formula is C8H18N2O5S. The van der Waals surface area contributed by atoms with Crippen LogP contribution in [0, 0.1) is 10.1 Å². The van der Waals surface area contributed by atoms with Crippen LogP contribution >= 0.6 is 0 Å². The predicted molar refractivity (Wildman–Crippen MR) is 59.4 cm³/mol. The van der Waals surface area contributed by atoms with Crippen LogP contribution in [-0.4, -0.2) is 56.8 Å². The second-order valence-corrected chi connectivity index (χ2v) is 5.98. The largest absolute Gasteiger partial charge is 0.297 e. The average Bonchev–Trinajstić information content (AvgIpc) is 1.99. The maximum atomic E-state index is 10.7. The molecule has 0 spiro atoms. The Morgan fingerprint density at radius 3 is 2.31 bits per heavy atom. The minimum absolute atomic E-state index is 0.00310. The molecule has 96 valence electrons. The van der Waals surface area contributed by atoms with Crippen molar-refractivity contribution in [3.8, 4) is 0 Å². The normalized spacial score (nSPS) is 13.1. The molecule has 0 fully saturated rings. The van der Waals surface area contributed by atoms with E-state index in [1.807, 2.05) is 0 Å². The first-order valence-corrected chi connectivity index (χ1v) is 6.54. The summed E-state index contributed by atoms with van der Waals surface area (Å²) < 4.78 is 25.9. The van der Waals surface area contributed by atoms with Crippen LogP contribution in [0.15, 0.2) is 0 Å². The molecule has 7 nitrogen and oxygen atoms in total. The third kappa shape index (κ3) is 6.70. The molecule has 0 radical (unpaired) electrons. The predicted octanol–water partition coefficient (Wildman–Crippen LogP) is -0.0503. The van der Waals surface area contributed by atoms with Gasteiger partial charge in [-0.1, -0.05) is 0 Å². The van der Waals surface area contributed by atoms with Gasteiger partial charge in [0.15, 0.2) is 0 Å².